The lowest BCUT2D eigenvalue weighted by Gasteiger charge is -2.27. The van der Waals surface area contributed by atoms with Gasteiger partial charge in [-0.15, -0.1) is 6.58 Å². The molecule has 150 valence electrons. The highest BCUT2D eigenvalue weighted by Gasteiger charge is 2.46. The minimum Gasteiger partial charge on any atom is -0.371 e. The standard InChI is InChI=1S/C22H36N2O2Si/c1-7-16-27(5,6)17-12-11-15-26-20(18-13-9-8-10-14-18)19-21(25)24(4)22(2,3)23-19/h7-10,13-14,19-20,23H,1,11-12,15-17H2,2-6H3/t19-,20?/m0/s1. The molecule has 1 fully saturated rings. The fourth-order valence-electron chi connectivity index (χ4n) is 3.66. The van der Waals surface area contributed by atoms with Gasteiger partial charge in [0.1, 0.15) is 12.1 Å². The van der Waals surface area contributed by atoms with E-state index in [4.69, 9.17) is 4.74 Å². The summed E-state index contributed by atoms with van der Waals surface area (Å²) in [5.41, 5.74) is 0.689. The van der Waals surface area contributed by atoms with Gasteiger partial charge in [0.15, 0.2) is 0 Å². The number of unbranched alkanes of at least 4 members (excludes halogenated alkanes) is 1. The van der Waals surface area contributed by atoms with Crippen LogP contribution in [0.3, 0.4) is 0 Å². The molecule has 1 aliphatic rings. The molecule has 0 radical (unpaired) electrons. The highest BCUT2D eigenvalue weighted by atomic mass is 28.3. The number of amides is 1. The minimum absolute atomic E-state index is 0.0911. The van der Waals surface area contributed by atoms with Crippen LogP contribution in [0.25, 0.3) is 0 Å². The summed E-state index contributed by atoms with van der Waals surface area (Å²) in [6.45, 7) is 13.4. The summed E-state index contributed by atoms with van der Waals surface area (Å²) in [4.78, 5) is 14.6. The number of nitrogens with zero attached hydrogens (tertiary/aromatic N) is 1. The lowest BCUT2D eigenvalue weighted by molar-refractivity contribution is -0.132. The quantitative estimate of drug-likeness (QED) is 0.362. The monoisotopic (exact) mass is 388 g/mol. The smallest absolute Gasteiger partial charge is 0.244 e. The van der Waals surface area contributed by atoms with Crippen molar-refractivity contribution in [2.75, 3.05) is 13.7 Å². The number of carbonyl (C=O) groups is 1. The molecule has 0 aromatic heterocycles. The van der Waals surface area contributed by atoms with E-state index in [9.17, 15) is 4.79 Å². The Morgan fingerprint density at radius 2 is 1.96 bits per heavy atom. The molecule has 4 nitrogen and oxygen atoms in total. The maximum atomic E-state index is 12.8. The van der Waals surface area contributed by atoms with E-state index in [2.05, 4.69) is 31.1 Å². The van der Waals surface area contributed by atoms with Crippen LogP contribution in [-0.2, 0) is 9.53 Å². The van der Waals surface area contributed by atoms with Crippen molar-refractivity contribution in [1.29, 1.82) is 0 Å². The van der Waals surface area contributed by atoms with Gasteiger partial charge in [-0.05, 0) is 31.9 Å². The maximum absolute atomic E-state index is 12.8. The van der Waals surface area contributed by atoms with Crippen LogP contribution in [0.1, 0.15) is 38.4 Å². The molecule has 2 atom stereocenters. The van der Waals surface area contributed by atoms with E-state index < -0.39 is 8.07 Å². The van der Waals surface area contributed by atoms with E-state index in [0.29, 0.717) is 6.61 Å². The SMILES string of the molecule is C=CC[Si](C)(C)CCCCOC(c1ccccc1)[C@@H]1NC(C)(C)N(C)C1=O. The van der Waals surface area contributed by atoms with Crippen molar-refractivity contribution >= 4 is 14.0 Å². The van der Waals surface area contributed by atoms with Crippen molar-refractivity contribution in [3.63, 3.8) is 0 Å². The molecule has 1 unspecified atom stereocenters. The van der Waals surface area contributed by atoms with E-state index in [1.165, 1.54) is 18.5 Å². The lowest BCUT2D eigenvalue weighted by atomic mass is 10.0. The number of hydrogen-bond donors (Lipinski definition) is 1. The zero-order valence-corrected chi connectivity index (χ0v) is 18.6. The van der Waals surface area contributed by atoms with Crippen LogP contribution in [0.2, 0.25) is 25.2 Å². The molecule has 0 saturated carbocycles. The molecular weight excluding hydrogens is 352 g/mol. The average Bonchev–Trinajstić information content (AvgIpc) is 2.82. The van der Waals surface area contributed by atoms with Crippen LogP contribution in [0, 0.1) is 0 Å². The number of likely N-dealkylation sites (N-methyl/N-ethyl adjacent to an activating group) is 1. The fourth-order valence-corrected chi connectivity index (χ4v) is 5.86. The third-order valence-electron chi connectivity index (χ3n) is 5.62. The second-order valence-corrected chi connectivity index (χ2v) is 14.1. The van der Waals surface area contributed by atoms with Gasteiger partial charge < -0.3 is 9.64 Å². The van der Waals surface area contributed by atoms with Gasteiger partial charge in [-0.1, -0.05) is 62.0 Å². The van der Waals surface area contributed by atoms with E-state index in [-0.39, 0.29) is 23.7 Å². The van der Waals surface area contributed by atoms with Crippen molar-refractivity contribution in [3.05, 3.63) is 48.6 Å². The predicted octanol–water partition coefficient (Wildman–Crippen LogP) is 4.59. The molecule has 0 aliphatic carbocycles. The molecule has 1 aliphatic heterocycles. The van der Waals surface area contributed by atoms with Crippen molar-refractivity contribution in [2.45, 2.75) is 69.7 Å². The summed E-state index contributed by atoms with van der Waals surface area (Å²) in [5, 5.41) is 3.46. The van der Waals surface area contributed by atoms with Crippen LogP contribution in [-0.4, -0.2) is 44.2 Å². The van der Waals surface area contributed by atoms with E-state index >= 15 is 0 Å². The van der Waals surface area contributed by atoms with Crippen LogP contribution < -0.4 is 5.32 Å². The van der Waals surface area contributed by atoms with Crippen LogP contribution in [0.5, 0.6) is 0 Å². The van der Waals surface area contributed by atoms with Gasteiger partial charge in [0.05, 0.1) is 13.7 Å². The molecule has 1 aromatic carbocycles. The van der Waals surface area contributed by atoms with Gasteiger partial charge in [0, 0.05) is 13.7 Å². The van der Waals surface area contributed by atoms with Crippen molar-refractivity contribution in [3.8, 4) is 0 Å². The summed E-state index contributed by atoms with van der Waals surface area (Å²) in [5.74, 6) is 0.0911. The first-order valence-corrected chi connectivity index (χ1v) is 13.4. The highest BCUT2D eigenvalue weighted by Crippen LogP contribution is 2.30. The number of hydrogen-bond acceptors (Lipinski definition) is 3. The van der Waals surface area contributed by atoms with Gasteiger partial charge in [-0.3, -0.25) is 10.1 Å². The Morgan fingerprint density at radius 1 is 1.30 bits per heavy atom. The summed E-state index contributed by atoms with van der Waals surface area (Å²) in [6.07, 6.45) is 3.99. The van der Waals surface area contributed by atoms with E-state index in [1.54, 1.807) is 4.90 Å². The van der Waals surface area contributed by atoms with Crippen LogP contribution in [0.15, 0.2) is 43.0 Å². The fraction of sp³-hybridized carbons (Fsp3) is 0.591. The highest BCUT2D eigenvalue weighted by molar-refractivity contribution is 6.77. The second-order valence-electron chi connectivity index (χ2n) is 8.89. The third kappa shape index (κ3) is 5.77. The first kappa shape index (κ1) is 21.9. The van der Waals surface area contributed by atoms with E-state index in [1.807, 2.05) is 51.2 Å². The largest absolute Gasteiger partial charge is 0.371 e. The van der Waals surface area contributed by atoms with Crippen LogP contribution >= 0.6 is 0 Å². The first-order valence-electron chi connectivity index (χ1n) is 10.0. The number of carbonyl (C=O) groups excluding carboxylic acids is 1. The first-order chi connectivity index (χ1) is 12.7. The summed E-state index contributed by atoms with van der Waals surface area (Å²) >= 11 is 0. The van der Waals surface area contributed by atoms with Gasteiger partial charge in [-0.25, -0.2) is 0 Å². The Kier molecular flexibility index (Phi) is 7.43. The molecule has 0 spiro atoms. The van der Waals surface area contributed by atoms with Crippen molar-refractivity contribution in [1.82, 2.24) is 10.2 Å². The maximum Gasteiger partial charge on any atom is 0.244 e. The molecule has 1 heterocycles. The third-order valence-corrected chi connectivity index (χ3v) is 8.72. The molecule has 1 N–H and O–H groups in total. The Hall–Kier alpha value is -1.43. The summed E-state index contributed by atoms with van der Waals surface area (Å²) in [7, 11) is 0.695. The number of benzene rings is 1. The molecule has 1 amide bonds. The molecule has 2 rings (SSSR count). The van der Waals surface area contributed by atoms with Crippen molar-refractivity contribution < 1.29 is 9.53 Å². The minimum atomic E-state index is -1.16. The number of nitrogens with one attached hydrogen (secondary N) is 1. The van der Waals surface area contributed by atoms with E-state index in [0.717, 1.165) is 12.0 Å². The summed E-state index contributed by atoms with van der Waals surface area (Å²) < 4.78 is 6.28. The van der Waals surface area contributed by atoms with Gasteiger partial charge >= 0.3 is 0 Å². The van der Waals surface area contributed by atoms with Crippen molar-refractivity contribution in [2.24, 2.45) is 0 Å². The van der Waals surface area contributed by atoms with Gasteiger partial charge in [0.25, 0.3) is 0 Å². The number of rotatable bonds is 10. The lowest BCUT2D eigenvalue weighted by Crippen LogP contribution is -2.46. The molecular formula is C22H36N2O2Si. The topological polar surface area (TPSA) is 41.6 Å². The molecule has 1 saturated heterocycles. The Bertz CT molecular complexity index is 630. The Morgan fingerprint density at radius 3 is 2.52 bits per heavy atom. The Labute approximate surface area is 166 Å². The predicted molar refractivity (Wildman–Crippen MR) is 115 cm³/mol. The van der Waals surface area contributed by atoms with Gasteiger partial charge in [-0.2, -0.15) is 0 Å². The normalized spacial score (nSPS) is 20.7. The molecule has 0 bridgehead atoms. The van der Waals surface area contributed by atoms with Crippen LogP contribution in [0.4, 0.5) is 0 Å². The Balaban J connectivity index is 1.99. The molecule has 1 aromatic rings. The zero-order valence-electron chi connectivity index (χ0n) is 17.6. The number of ether oxygens (including phenoxy) is 1. The molecule has 5 heteroatoms. The number of allylic oxidation sites excluding steroid dienone is 1. The zero-order chi connectivity index (χ0) is 20.1. The average molecular weight is 389 g/mol. The summed E-state index contributed by atoms with van der Waals surface area (Å²) in [6, 6.07) is 12.2. The second kappa shape index (κ2) is 9.17. The molecule has 27 heavy (non-hydrogen) atoms. The van der Waals surface area contributed by atoms with Gasteiger partial charge in [0.2, 0.25) is 5.91 Å².